The highest BCUT2D eigenvalue weighted by molar-refractivity contribution is 5.98. The summed E-state index contributed by atoms with van der Waals surface area (Å²) >= 11 is 0. The lowest BCUT2D eigenvalue weighted by Crippen LogP contribution is -2.45. The summed E-state index contributed by atoms with van der Waals surface area (Å²) in [7, 11) is 2.76. The van der Waals surface area contributed by atoms with Crippen LogP contribution in [0.3, 0.4) is 0 Å². The highest BCUT2D eigenvalue weighted by atomic mass is 19.1. The number of ether oxygens (including phenoxy) is 3. The van der Waals surface area contributed by atoms with Crippen LogP contribution in [0.15, 0.2) is 12.1 Å². The molecule has 3 aliphatic carbocycles. The molecule has 1 aromatic carbocycles. The number of halogens is 1. The van der Waals surface area contributed by atoms with Gasteiger partial charge in [0.25, 0.3) is 5.91 Å². The van der Waals surface area contributed by atoms with E-state index in [4.69, 9.17) is 14.2 Å². The number of carbonyl (C=O) groups is 3. The second-order valence-electron chi connectivity index (χ2n) is 11.5. The second-order valence-corrected chi connectivity index (χ2v) is 11.5. The van der Waals surface area contributed by atoms with Crippen LogP contribution in [-0.4, -0.2) is 50.7 Å². The Labute approximate surface area is 218 Å². The standard InChI is InChI=1S/C28H39FN2O6/c1-27(12-13-27)16-30-24(32)18-6-5-7-21(18)31-25(33)19-14-23(20(29)15-22(19)35-3)37-17-8-10-28(2,11-9-17)26(34)36-4/h14-15,17-18,21H,5-13,16H2,1-4H3,(H,30,32)(H,31,33)/t17?,18-,21+,28?/m0/s1. The first-order valence-electron chi connectivity index (χ1n) is 13.3. The van der Waals surface area contributed by atoms with Gasteiger partial charge < -0.3 is 24.8 Å². The van der Waals surface area contributed by atoms with Crippen molar-refractivity contribution in [3.8, 4) is 11.5 Å². The summed E-state index contributed by atoms with van der Waals surface area (Å²) in [5, 5.41) is 6.04. The van der Waals surface area contributed by atoms with Crippen molar-refractivity contribution in [3.63, 3.8) is 0 Å². The van der Waals surface area contributed by atoms with Gasteiger partial charge in [-0.25, -0.2) is 4.39 Å². The van der Waals surface area contributed by atoms with Crippen LogP contribution in [0, 0.1) is 22.6 Å². The van der Waals surface area contributed by atoms with E-state index in [2.05, 4.69) is 17.6 Å². The molecule has 2 amide bonds. The smallest absolute Gasteiger partial charge is 0.311 e. The van der Waals surface area contributed by atoms with Gasteiger partial charge in [-0.05, 0) is 69.8 Å². The summed E-state index contributed by atoms with van der Waals surface area (Å²) in [5.74, 6) is -1.55. The highest BCUT2D eigenvalue weighted by Gasteiger charge is 2.41. The number of hydrogen-bond donors (Lipinski definition) is 2. The van der Waals surface area contributed by atoms with E-state index in [1.54, 1.807) is 0 Å². The zero-order valence-electron chi connectivity index (χ0n) is 22.3. The van der Waals surface area contributed by atoms with E-state index in [0.717, 1.165) is 25.3 Å². The van der Waals surface area contributed by atoms with Gasteiger partial charge >= 0.3 is 5.97 Å². The largest absolute Gasteiger partial charge is 0.496 e. The normalized spacial score (nSPS) is 28.2. The van der Waals surface area contributed by atoms with Gasteiger partial charge in [-0.1, -0.05) is 13.3 Å². The van der Waals surface area contributed by atoms with E-state index in [1.165, 1.54) is 20.3 Å². The summed E-state index contributed by atoms with van der Waals surface area (Å²) in [6.45, 7) is 4.69. The van der Waals surface area contributed by atoms with Crippen molar-refractivity contribution in [2.24, 2.45) is 16.7 Å². The minimum absolute atomic E-state index is 0.0257. The fourth-order valence-corrected chi connectivity index (χ4v) is 5.46. The predicted molar refractivity (Wildman–Crippen MR) is 135 cm³/mol. The molecule has 37 heavy (non-hydrogen) atoms. The zero-order chi connectivity index (χ0) is 26.8. The second kappa shape index (κ2) is 10.9. The summed E-state index contributed by atoms with van der Waals surface area (Å²) in [6, 6.07) is 2.23. The van der Waals surface area contributed by atoms with Crippen molar-refractivity contribution in [2.75, 3.05) is 20.8 Å². The van der Waals surface area contributed by atoms with Crippen LogP contribution in [0.25, 0.3) is 0 Å². The van der Waals surface area contributed by atoms with Gasteiger partial charge in [0, 0.05) is 18.7 Å². The van der Waals surface area contributed by atoms with Crippen molar-refractivity contribution >= 4 is 17.8 Å². The van der Waals surface area contributed by atoms with Crippen molar-refractivity contribution in [1.82, 2.24) is 10.6 Å². The lowest BCUT2D eigenvalue weighted by atomic mass is 9.75. The molecule has 4 rings (SSSR count). The molecule has 3 fully saturated rings. The fourth-order valence-electron chi connectivity index (χ4n) is 5.46. The first-order valence-corrected chi connectivity index (χ1v) is 13.3. The van der Waals surface area contributed by atoms with E-state index in [9.17, 15) is 18.8 Å². The maximum absolute atomic E-state index is 14.9. The lowest BCUT2D eigenvalue weighted by molar-refractivity contribution is -0.154. The third-order valence-electron chi connectivity index (χ3n) is 8.47. The molecule has 0 saturated heterocycles. The Kier molecular flexibility index (Phi) is 7.99. The molecule has 0 radical (unpaired) electrons. The Morgan fingerprint density at radius 1 is 1.00 bits per heavy atom. The molecule has 204 valence electrons. The Bertz CT molecular complexity index is 1030. The number of nitrogens with one attached hydrogen (secondary N) is 2. The monoisotopic (exact) mass is 518 g/mol. The number of esters is 1. The molecule has 2 atom stereocenters. The number of benzene rings is 1. The van der Waals surface area contributed by atoms with E-state index in [1.807, 2.05) is 6.92 Å². The molecular weight excluding hydrogens is 479 g/mol. The number of methoxy groups -OCH3 is 2. The fraction of sp³-hybridized carbons (Fsp3) is 0.679. The number of hydrogen-bond acceptors (Lipinski definition) is 6. The molecule has 0 bridgehead atoms. The van der Waals surface area contributed by atoms with E-state index < -0.39 is 17.1 Å². The third-order valence-corrected chi connectivity index (χ3v) is 8.47. The molecular formula is C28H39FN2O6. The third kappa shape index (κ3) is 6.18. The Morgan fingerprint density at radius 3 is 2.32 bits per heavy atom. The van der Waals surface area contributed by atoms with Gasteiger partial charge in [0.2, 0.25) is 5.91 Å². The van der Waals surface area contributed by atoms with Gasteiger partial charge in [0.15, 0.2) is 11.6 Å². The Balaban J connectivity index is 1.41. The molecule has 0 aliphatic heterocycles. The van der Waals surface area contributed by atoms with Crippen molar-refractivity contribution in [3.05, 3.63) is 23.5 Å². The maximum atomic E-state index is 14.9. The average Bonchev–Trinajstić information content (AvgIpc) is 3.45. The van der Waals surface area contributed by atoms with Gasteiger partial charge in [-0.15, -0.1) is 0 Å². The van der Waals surface area contributed by atoms with E-state index in [0.29, 0.717) is 45.1 Å². The minimum atomic E-state index is -0.624. The topological polar surface area (TPSA) is 103 Å². The first-order chi connectivity index (χ1) is 17.6. The van der Waals surface area contributed by atoms with Crippen LogP contribution >= 0.6 is 0 Å². The van der Waals surface area contributed by atoms with Crippen molar-refractivity contribution in [1.29, 1.82) is 0 Å². The maximum Gasteiger partial charge on any atom is 0.311 e. The van der Waals surface area contributed by atoms with Crippen LogP contribution in [0.4, 0.5) is 4.39 Å². The molecule has 0 unspecified atom stereocenters. The zero-order valence-corrected chi connectivity index (χ0v) is 22.3. The quantitative estimate of drug-likeness (QED) is 0.476. The predicted octanol–water partition coefficient (Wildman–Crippen LogP) is 4.15. The number of rotatable bonds is 9. The van der Waals surface area contributed by atoms with Crippen LogP contribution in [0.5, 0.6) is 11.5 Å². The van der Waals surface area contributed by atoms with Crippen LogP contribution in [0.2, 0.25) is 0 Å². The molecule has 8 nitrogen and oxygen atoms in total. The van der Waals surface area contributed by atoms with Crippen LogP contribution < -0.4 is 20.1 Å². The molecule has 0 spiro atoms. The summed E-state index contributed by atoms with van der Waals surface area (Å²) in [6.07, 6.45) is 6.50. The molecule has 0 heterocycles. The van der Waals surface area contributed by atoms with Gasteiger partial charge in [-0.3, -0.25) is 14.4 Å². The van der Waals surface area contributed by atoms with Crippen molar-refractivity contribution < 1.29 is 33.0 Å². The summed E-state index contributed by atoms with van der Waals surface area (Å²) in [5.41, 5.74) is -0.203. The highest BCUT2D eigenvalue weighted by Crippen LogP contribution is 2.44. The van der Waals surface area contributed by atoms with Crippen molar-refractivity contribution in [2.45, 2.75) is 83.8 Å². The van der Waals surface area contributed by atoms with E-state index in [-0.39, 0.29) is 52.4 Å². The molecule has 1 aromatic rings. The SMILES string of the molecule is COC(=O)C1(C)CCC(Oc2cc(C(=O)N[C@@H]3CCC[C@@H]3C(=O)NCC3(C)CC3)c(OC)cc2F)CC1. The average molecular weight is 519 g/mol. The Morgan fingerprint density at radius 2 is 1.70 bits per heavy atom. The molecule has 3 aliphatic rings. The van der Waals surface area contributed by atoms with E-state index >= 15 is 0 Å². The molecule has 2 N–H and O–H groups in total. The van der Waals surface area contributed by atoms with Gasteiger partial charge in [0.05, 0.1) is 37.2 Å². The number of amides is 2. The van der Waals surface area contributed by atoms with Gasteiger partial charge in [-0.2, -0.15) is 0 Å². The minimum Gasteiger partial charge on any atom is -0.496 e. The van der Waals surface area contributed by atoms with Gasteiger partial charge in [0.1, 0.15) is 5.75 Å². The van der Waals surface area contributed by atoms with Crippen LogP contribution in [0.1, 0.15) is 82.0 Å². The lowest BCUT2D eigenvalue weighted by Gasteiger charge is -2.35. The molecule has 0 aromatic heterocycles. The van der Waals surface area contributed by atoms with Crippen LogP contribution in [-0.2, 0) is 14.3 Å². The molecule has 3 saturated carbocycles. The first kappa shape index (κ1) is 27.2. The number of carbonyl (C=O) groups excluding carboxylic acids is 3. The summed E-state index contributed by atoms with van der Waals surface area (Å²) < 4.78 is 31.0. The molecule has 9 heteroatoms. The summed E-state index contributed by atoms with van der Waals surface area (Å²) in [4.78, 5) is 38.2. The Hall–Kier alpha value is -2.84.